The van der Waals surface area contributed by atoms with Crippen LogP contribution in [0.2, 0.25) is 5.02 Å². The maximum absolute atomic E-state index is 11.9. The standard InChI is InChI=1S/C23H23ClN6O2S/c1-4-21(31)27-19-6-5-7-20-17(19)12-13-30(20)22-18(24)14-25-23(28-22)26-15-8-10-16(11-9-15)29-33(2,3)32/h5-14H,4H2,1-3H3,(H,27,31)(H,25,26,28). The van der Waals surface area contributed by atoms with E-state index in [1.165, 1.54) is 6.20 Å². The molecule has 0 aliphatic heterocycles. The molecule has 0 radical (unpaired) electrons. The molecular formula is C23H23ClN6O2S. The van der Waals surface area contributed by atoms with E-state index in [-0.39, 0.29) is 5.91 Å². The second-order valence-corrected chi connectivity index (χ2v) is 10.6. The molecule has 4 aromatic rings. The van der Waals surface area contributed by atoms with E-state index in [4.69, 9.17) is 11.6 Å². The molecule has 2 aromatic heterocycles. The molecule has 0 bridgehead atoms. The van der Waals surface area contributed by atoms with Gasteiger partial charge in [0.1, 0.15) is 5.02 Å². The summed E-state index contributed by atoms with van der Waals surface area (Å²) in [6, 6.07) is 14.8. The highest BCUT2D eigenvalue weighted by molar-refractivity contribution is 7.92. The molecule has 0 aliphatic carbocycles. The van der Waals surface area contributed by atoms with Crippen LogP contribution in [0.25, 0.3) is 16.7 Å². The molecule has 0 saturated heterocycles. The van der Waals surface area contributed by atoms with E-state index < -0.39 is 9.73 Å². The van der Waals surface area contributed by atoms with Gasteiger partial charge in [0, 0.05) is 45.9 Å². The molecule has 170 valence electrons. The monoisotopic (exact) mass is 482 g/mol. The Kier molecular flexibility index (Phi) is 6.35. The molecule has 33 heavy (non-hydrogen) atoms. The number of rotatable bonds is 6. The lowest BCUT2D eigenvalue weighted by atomic mass is 10.2. The van der Waals surface area contributed by atoms with E-state index in [1.54, 1.807) is 24.6 Å². The van der Waals surface area contributed by atoms with E-state index in [0.717, 1.165) is 22.3 Å². The van der Waals surface area contributed by atoms with E-state index in [2.05, 4.69) is 25.0 Å². The van der Waals surface area contributed by atoms with Gasteiger partial charge in [-0.3, -0.25) is 9.36 Å². The number of amides is 1. The van der Waals surface area contributed by atoms with Crippen molar-refractivity contribution in [1.29, 1.82) is 0 Å². The summed E-state index contributed by atoms with van der Waals surface area (Å²) in [5.74, 6) is 0.818. The molecule has 0 aliphatic rings. The van der Waals surface area contributed by atoms with Gasteiger partial charge in [0.25, 0.3) is 0 Å². The van der Waals surface area contributed by atoms with Crippen LogP contribution in [0.1, 0.15) is 13.3 Å². The first kappa shape index (κ1) is 22.8. The fraction of sp³-hybridized carbons (Fsp3) is 0.174. The third-order valence-corrected chi connectivity index (χ3v) is 5.65. The van der Waals surface area contributed by atoms with Gasteiger partial charge in [-0.25, -0.2) is 9.19 Å². The molecule has 0 spiro atoms. The van der Waals surface area contributed by atoms with Crippen LogP contribution in [0.5, 0.6) is 0 Å². The summed E-state index contributed by atoms with van der Waals surface area (Å²) in [5, 5.41) is 7.34. The lowest BCUT2D eigenvalue weighted by Gasteiger charge is -2.11. The fourth-order valence-corrected chi connectivity index (χ4v) is 4.09. The Bertz CT molecular complexity index is 1450. The highest BCUT2D eigenvalue weighted by atomic mass is 35.5. The summed E-state index contributed by atoms with van der Waals surface area (Å²) in [6.07, 6.45) is 6.97. The van der Waals surface area contributed by atoms with Crippen LogP contribution in [-0.2, 0) is 14.5 Å². The first-order valence-corrected chi connectivity index (χ1v) is 12.9. The van der Waals surface area contributed by atoms with Gasteiger partial charge in [0.15, 0.2) is 5.82 Å². The first-order chi connectivity index (χ1) is 15.7. The highest BCUT2D eigenvalue weighted by Crippen LogP contribution is 2.30. The molecule has 0 saturated carbocycles. The second-order valence-electron chi connectivity index (χ2n) is 7.64. The quantitative estimate of drug-likeness (QED) is 0.376. The normalized spacial score (nSPS) is 11.4. The van der Waals surface area contributed by atoms with Crippen molar-refractivity contribution in [1.82, 2.24) is 14.5 Å². The second kappa shape index (κ2) is 9.21. The Balaban J connectivity index is 1.66. The molecule has 2 N–H and O–H groups in total. The number of nitrogens with zero attached hydrogens (tertiary/aromatic N) is 4. The smallest absolute Gasteiger partial charge is 0.229 e. The number of aromatic nitrogens is 3. The summed E-state index contributed by atoms with van der Waals surface area (Å²) in [5.41, 5.74) is 2.97. The Morgan fingerprint density at radius 3 is 2.61 bits per heavy atom. The molecule has 8 nitrogen and oxygen atoms in total. The predicted octanol–water partition coefficient (Wildman–Crippen LogP) is 5.53. The topological polar surface area (TPSA) is 101 Å². The molecule has 1 amide bonds. The number of nitrogens with one attached hydrogen (secondary N) is 2. The summed E-state index contributed by atoms with van der Waals surface area (Å²) >= 11 is 6.44. The number of hydrogen-bond acceptors (Lipinski definition) is 6. The van der Waals surface area contributed by atoms with Crippen LogP contribution in [-0.4, -0.2) is 37.2 Å². The van der Waals surface area contributed by atoms with E-state index in [9.17, 15) is 9.00 Å². The van der Waals surface area contributed by atoms with E-state index in [0.29, 0.717) is 28.9 Å². The molecule has 10 heteroatoms. The SMILES string of the molecule is CCC(=O)Nc1cccc2c1ccn2-c1nc(Nc2ccc(N=S(C)(C)=O)cc2)ncc1Cl. The maximum Gasteiger partial charge on any atom is 0.229 e. The van der Waals surface area contributed by atoms with Gasteiger partial charge in [0.2, 0.25) is 11.9 Å². The molecule has 2 heterocycles. The average Bonchev–Trinajstić information content (AvgIpc) is 3.20. The number of halogens is 1. The maximum atomic E-state index is 11.9. The van der Waals surface area contributed by atoms with Crippen molar-refractivity contribution >= 4 is 61.2 Å². The molecular weight excluding hydrogens is 460 g/mol. The zero-order valence-electron chi connectivity index (χ0n) is 18.4. The minimum atomic E-state index is -2.22. The van der Waals surface area contributed by atoms with Crippen molar-refractivity contribution < 1.29 is 9.00 Å². The molecule has 4 rings (SSSR count). The zero-order chi connectivity index (χ0) is 23.6. The van der Waals surface area contributed by atoms with Crippen molar-refractivity contribution in [3.05, 3.63) is 65.9 Å². The van der Waals surface area contributed by atoms with Crippen LogP contribution in [0.15, 0.2) is 65.3 Å². The lowest BCUT2D eigenvalue weighted by Crippen LogP contribution is -2.09. The highest BCUT2D eigenvalue weighted by Gasteiger charge is 2.13. The number of carbonyl (C=O) groups is 1. The van der Waals surface area contributed by atoms with Crippen LogP contribution < -0.4 is 10.6 Å². The van der Waals surface area contributed by atoms with Gasteiger partial charge >= 0.3 is 0 Å². The number of hydrogen-bond donors (Lipinski definition) is 2. The third-order valence-electron chi connectivity index (χ3n) is 4.73. The molecule has 0 fully saturated rings. The first-order valence-electron chi connectivity index (χ1n) is 10.2. The third kappa shape index (κ3) is 5.32. The van der Waals surface area contributed by atoms with Gasteiger partial charge < -0.3 is 10.6 Å². The van der Waals surface area contributed by atoms with Gasteiger partial charge in [-0.1, -0.05) is 24.6 Å². The lowest BCUT2D eigenvalue weighted by molar-refractivity contribution is -0.115. The number of anilines is 3. The number of carbonyl (C=O) groups excluding carboxylic acids is 1. The minimum absolute atomic E-state index is 0.0548. The van der Waals surface area contributed by atoms with Crippen molar-refractivity contribution in [2.45, 2.75) is 13.3 Å². The Labute approximate surface area is 197 Å². The molecule has 2 aromatic carbocycles. The van der Waals surface area contributed by atoms with Crippen molar-refractivity contribution in [2.24, 2.45) is 4.36 Å². The Hall–Kier alpha value is -3.43. The Morgan fingerprint density at radius 1 is 1.15 bits per heavy atom. The summed E-state index contributed by atoms with van der Waals surface area (Å²) < 4.78 is 17.9. The van der Waals surface area contributed by atoms with E-state index >= 15 is 0 Å². The van der Waals surface area contributed by atoms with E-state index in [1.807, 2.05) is 54.1 Å². The van der Waals surface area contributed by atoms with Crippen molar-refractivity contribution in [3.63, 3.8) is 0 Å². The van der Waals surface area contributed by atoms with Gasteiger partial charge in [-0.05, 0) is 42.5 Å². The Morgan fingerprint density at radius 2 is 1.91 bits per heavy atom. The fourth-order valence-electron chi connectivity index (χ4n) is 3.28. The van der Waals surface area contributed by atoms with Gasteiger partial charge in [-0.15, -0.1) is 0 Å². The minimum Gasteiger partial charge on any atom is -0.325 e. The van der Waals surface area contributed by atoms with Crippen LogP contribution in [0, 0.1) is 0 Å². The van der Waals surface area contributed by atoms with Gasteiger partial charge in [-0.2, -0.15) is 9.35 Å². The molecule has 0 unspecified atom stereocenters. The van der Waals surface area contributed by atoms with Crippen LogP contribution in [0.3, 0.4) is 0 Å². The van der Waals surface area contributed by atoms with Crippen LogP contribution in [0.4, 0.5) is 23.0 Å². The van der Waals surface area contributed by atoms with Crippen molar-refractivity contribution in [3.8, 4) is 5.82 Å². The largest absolute Gasteiger partial charge is 0.325 e. The number of fused-ring (bicyclic) bond motifs is 1. The predicted molar refractivity (Wildman–Crippen MR) is 135 cm³/mol. The van der Waals surface area contributed by atoms with Crippen LogP contribution >= 0.6 is 11.6 Å². The number of benzene rings is 2. The summed E-state index contributed by atoms with van der Waals surface area (Å²) in [7, 11) is -2.22. The van der Waals surface area contributed by atoms with Crippen molar-refractivity contribution in [2.75, 3.05) is 23.1 Å². The average molecular weight is 483 g/mol. The van der Waals surface area contributed by atoms with Gasteiger partial charge in [0.05, 0.1) is 23.1 Å². The summed E-state index contributed by atoms with van der Waals surface area (Å²) in [4.78, 5) is 20.8. The molecule has 0 atom stereocenters. The summed E-state index contributed by atoms with van der Waals surface area (Å²) in [6.45, 7) is 1.81. The zero-order valence-corrected chi connectivity index (χ0v) is 19.9.